The molecule has 3 aromatic carbocycles. The van der Waals surface area contributed by atoms with E-state index in [4.69, 9.17) is 0 Å². The number of hydrogen-bond donors (Lipinski definition) is 0. The van der Waals surface area contributed by atoms with Crippen molar-refractivity contribution in [2.45, 2.75) is 13.8 Å². The SMILES string of the molecule is CCN(C)C.CCN(C)C.c1ccc2c(c1)ccc1ccccc12. The van der Waals surface area contributed by atoms with Crippen molar-refractivity contribution in [3.8, 4) is 0 Å². The normalized spacial score (nSPS) is 10.3. The van der Waals surface area contributed by atoms with Crippen LogP contribution in [0.5, 0.6) is 0 Å². The molecule has 2 heteroatoms. The molecule has 0 aliphatic heterocycles. The average Bonchev–Trinajstić information content (AvgIpc) is 2.62. The maximum Gasteiger partial charge on any atom is -0.00533 e. The van der Waals surface area contributed by atoms with Crippen molar-refractivity contribution in [3.63, 3.8) is 0 Å². The summed E-state index contributed by atoms with van der Waals surface area (Å²) in [7, 11) is 8.22. The predicted molar refractivity (Wildman–Crippen MR) is 110 cm³/mol. The lowest BCUT2D eigenvalue weighted by molar-refractivity contribution is 0.434. The molecule has 2 nitrogen and oxygen atoms in total. The van der Waals surface area contributed by atoms with E-state index in [1.807, 2.05) is 0 Å². The van der Waals surface area contributed by atoms with Crippen LogP contribution in [0.25, 0.3) is 21.5 Å². The van der Waals surface area contributed by atoms with Crippen molar-refractivity contribution in [2.75, 3.05) is 41.3 Å². The smallest absolute Gasteiger partial charge is 0.00533 e. The van der Waals surface area contributed by atoms with E-state index in [9.17, 15) is 0 Å². The number of nitrogens with zero attached hydrogens (tertiary/aromatic N) is 2. The molecule has 0 saturated heterocycles. The fourth-order valence-corrected chi connectivity index (χ4v) is 1.95. The van der Waals surface area contributed by atoms with Crippen molar-refractivity contribution in [1.82, 2.24) is 9.80 Å². The third-order valence-electron chi connectivity index (χ3n) is 3.92. The van der Waals surface area contributed by atoms with Crippen LogP contribution in [0.4, 0.5) is 0 Å². The number of hydrogen-bond acceptors (Lipinski definition) is 2. The van der Waals surface area contributed by atoms with Gasteiger partial charge in [0, 0.05) is 0 Å². The minimum absolute atomic E-state index is 1.14. The van der Waals surface area contributed by atoms with E-state index in [1.165, 1.54) is 21.5 Å². The van der Waals surface area contributed by atoms with E-state index in [0.717, 1.165) is 13.1 Å². The van der Waals surface area contributed by atoms with Crippen LogP contribution in [-0.4, -0.2) is 51.1 Å². The predicted octanol–water partition coefficient (Wildman–Crippen LogP) is 5.13. The van der Waals surface area contributed by atoms with E-state index in [2.05, 4.69) is 113 Å². The van der Waals surface area contributed by atoms with Crippen molar-refractivity contribution < 1.29 is 0 Å². The zero-order valence-corrected chi connectivity index (χ0v) is 16.1. The Balaban J connectivity index is 0.000000243. The van der Waals surface area contributed by atoms with E-state index in [-0.39, 0.29) is 0 Å². The summed E-state index contributed by atoms with van der Waals surface area (Å²) < 4.78 is 0. The van der Waals surface area contributed by atoms with Crippen molar-refractivity contribution >= 4 is 21.5 Å². The van der Waals surface area contributed by atoms with Gasteiger partial charge < -0.3 is 9.80 Å². The summed E-state index contributed by atoms with van der Waals surface area (Å²) in [6.45, 7) is 6.53. The summed E-state index contributed by atoms with van der Waals surface area (Å²) in [5.41, 5.74) is 0. The quantitative estimate of drug-likeness (QED) is 0.603. The Morgan fingerprint density at radius 2 is 0.833 bits per heavy atom. The molecule has 0 heterocycles. The third kappa shape index (κ3) is 6.69. The van der Waals surface area contributed by atoms with E-state index >= 15 is 0 Å². The summed E-state index contributed by atoms with van der Waals surface area (Å²) in [6.07, 6.45) is 0. The molecule has 0 aliphatic rings. The molecule has 0 unspecified atom stereocenters. The molecule has 0 aromatic heterocycles. The van der Waals surface area contributed by atoms with Gasteiger partial charge in [-0.15, -0.1) is 0 Å². The zero-order valence-electron chi connectivity index (χ0n) is 16.1. The molecule has 0 amide bonds. The van der Waals surface area contributed by atoms with Crippen LogP contribution >= 0.6 is 0 Å². The van der Waals surface area contributed by atoms with Gasteiger partial charge >= 0.3 is 0 Å². The van der Waals surface area contributed by atoms with Crippen LogP contribution in [0.3, 0.4) is 0 Å². The first-order chi connectivity index (χ1) is 11.5. The Morgan fingerprint density at radius 3 is 1.12 bits per heavy atom. The molecule has 130 valence electrons. The molecule has 24 heavy (non-hydrogen) atoms. The maximum atomic E-state index is 2.18. The van der Waals surface area contributed by atoms with Crippen molar-refractivity contribution in [2.24, 2.45) is 0 Å². The van der Waals surface area contributed by atoms with Crippen LogP contribution in [0.2, 0.25) is 0 Å². The number of benzene rings is 3. The Kier molecular flexibility index (Phi) is 9.06. The van der Waals surface area contributed by atoms with Crippen LogP contribution < -0.4 is 0 Å². The van der Waals surface area contributed by atoms with Crippen molar-refractivity contribution in [1.29, 1.82) is 0 Å². The second-order valence-corrected chi connectivity index (χ2v) is 6.30. The van der Waals surface area contributed by atoms with Gasteiger partial charge in [-0.1, -0.05) is 74.5 Å². The van der Waals surface area contributed by atoms with Crippen LogP contribution in [-0.2, 0) is 0 Å². The van der Waals surface area contributed by atoms with Crippen molar-refractivity contribution in [3.05, 3.63) is 60.7 Å². The highest BCUT2D eigenvalue weighted by atomic mass is 15.0. The highest BCUT2D eigenvalue weighted by Gasteiger charge is 1.97. The van der Waals surface area contributed by atoms with Crippen LogP contribution in [0.15, 0.2) is 60.7 Å². The molecule has 0 aliphatic carbocycles. The van der Waals surface area contributed by atoms with Gasteiger partial charge in [0.1, 0.15) is 0 Å². The standard InChI is InChI=1S/C14H10.2C4H11N/c1-3-7-13-11(5-1)9-10-12-6-2-4-8-14(12)13;2*1-4-5(2)3/h1-10H;2*4H2,1-3H3. The monoisotopic (exact) mass is 324 g/mol. The van der Waals surface area contributed by atoms with E-state index in [0.29, 0.717) is 0 Å². The Labute approximate surface area is 147 Å². The minimum atomic E-state index is 1.14. The Bertz CT molecular complexity index is 654. The molecular formula is C22H32N2. The number of fused-ring (bicyclic) bond motifs is 3. The lowest BCUT2D eigenvalue weighted by atomic mass is 10.0. The van der Waals surface area contributed by atoms with Gasteiger partial charge in [0.15, 0.2) is 0 Å². The topological polar surface area (TPSA) is 6.48 Å². The van der Waals surface area contributed by atoms with Gasteiger partial charge in [0.25, 0.3) is 0 Å². The molecule has 0 radical (unpaired) electrons. The van der Waals surface area contributed by atoms with E-state index < -0.39 is 0 Å². The third-order valence-corrected chi connectivity index (χ3v) is 3.92. The van der Waals surface area contributed by atoms with Crippen LogP contribution in [0, 0.1) is 0 Å². The zero-order chi connectivity index (χ0) is 17.9. The Morgan fingerprint density at radius 1 is 0.542 bits per heavy atom. The summed E-state index contributed by atoms with van der Waals surface area (Å²) in [4.78, 5) is 4.25. The maximum absolute atomic E-state index is 2.18. The molecule has 0 bridgehead atoms. The summed E-state index contributed by atoms with van der Waals surface area (Å²) in [5, 5.41) is 5.30. The van der Waals surface area contributed by atoms with Gasteiger partial charge in [-0.3, -0.25) is 0 Å². The van der Waals surface area contributed by atoms with Gasteiger partial charge in [0.05, 0.1) is 0 Å². The second kappa shape index (κ2) is 10.8. The average molecular weight is 325 g/mol. The first-order valence-electron chi connectivity index (χ1n) is 8.65. The van der Waals surface area contributed by atoms with Gasteiger partial charge in [0.2, 0.25) is 0 Å². The number of rotatable bonds is 2. The first kappa shape index (κ1) is 20.1. The molecule has 0 spiro atoms. The van der Waals surface area contributed by atoms with Gasteiger partial charge in [-0.25, -0.2) is 0 Å². The lowest BCUT2D eigenvalue weighted by Gasteiger charge is -2.02. The minimum Gasteiger partial charge on any atom is -0.310 e. The molecular weight excluding hydrogens is 292 g/mol. The highest BCUT2D eigenvalue weighted by molar-refractivity contribution is 6.07. The molecule has 3 aromatic rings. The van der Waals surface area contributed by atoms with E-state index in [1.54, 1.807) is 0 Å². The fraction of sp³-hybridized carbons (Fsp3) is 0.364. The Hall–Kier alpha value is -1.90. The molecule has 0 saturated carbocycles. The molecule has 0 atom stereocenters. The summed E-state index contributed by atoms with van der Waals surface area (Å²) in [6, 6.07) is 21.4. The second-order valence-electron chi connectivity index (χ2n) is 6.30. The van der Waals surface area contributed by atoms with Gasteiger partial charge in [-0.2, -0.15) is 0 Å². The summed E-state index contributed by atoms with van der Waals surface area (Å²) >= 11 is 0. The first-order valence-corrected chi connectivity index (χ1v) is 8.65. The molecule has 0 N–H and O–H groups in total. The fourth-order valence-electron chi connectivity index (χ4n) is 1.95. The largest absolute Gasteiger partial charge is 0.310 e. The lowest BCUT2D eigenvalue weighted by Crippen LogP contribution is -2.08. The summed E-state index contributed by atoms with van der Waals surface area (Å²) in [5.74, 6) is 0. The molecule has 0 fully saturated rings. The molecule has 3 rings (SSSR count). The van der Waals surface area contributed by atoms with Crippen LogP contribution in [0.1, 0.15) is 13.8 Å². The highest BCUT2D eigenvalue weighted by Crippen LogP contribution is 2.24. The van der Waals surface area contributed by atoms with Gasteiger partial charge in [-0.05, 0) is 62.8 Å².